The number of aromatic carboxylic acids is 1. The van der Waals surface area contributed by atoms with E-state index >= 15 is 0 Å². The summed E-state index contributed by atoms with van der Waals surface area (Å²) in [5.41, 5.74) is 0.285. The van der Waals surface area contributed by atoms with Crippen molar-refractivity contribution in [2.24, 2.45) is 0 Å². The lowest BCUT2D eigenvalue weighted by Crippen LogP contribution is -2.32. The second-order valence-electron chi connectivity index (χ2n) is 4.77. The molecule has 0 aliphatic heterocycles. The Morgan fingerprint density at radius 3 is 2.21 bits per heavy atom. The molecule has 0 aliphatic rings. The van der Waals surface area contributed by atoms with E-state index in [4.69, 9.17) is 16.7 Å². The third-order valence-electron chi connectivity index (χ3n) is 3.03. The van der Waals surface area contributed by atoms with Gasteiger partial charge in [-0.25, -0.2) is 4.79 Å². The Hall–Kier alpha value is -3.06. The van der Waals surface area contributed by atoms with Crippen LogP contribution in [0.2, 0.25) is 5.02 Å². The number of carboxylic acids is 1. The lowest BCUT2D eigenvalue weighted by molar-refractivity contribution is -0.115. The largest absolute Gasteiger partial charge is 0.506 e. The first kappa shape index (κ1) is 17.3. The highest BCUT2D eigenvalue weighted by atomic mass is 35.5. The van der Waals surface area contributed by atoms with Crippen molar-refractivity contribution in [3.63, 3.8) is 0 Å². The molecule has 24 heavy (non-hydrogen) atoms. The van der Waals surface area contributed by atoms with Crippen LogP contribution >= 0.6 is 11.6 Å². The minimum absolute atomic E-state index is 0.0470. The van der Waals surface area contributed by atoms with Gasteiger partial charge in [-0.1, -0.05) is 11.6 Å². The molecule has 0 heterocycles. The molecule has 0 spiro atoms. The zero-order valence-corrected chi connectivity index (χ0v) is 13.0. The molecule has 2 rings (SSSR count). The number of anilines is 1. The van der Waals surface area contributed by atoms with Crippen LogP contribution in [0.5, 0.6) is 5.75 Å². The van der Waals surface area contributed by atoms with Crippen molar-refractivity contribution < 1.29 is 24.6 Å². The quantitative estimate of drug-likeness (QED) is 0.618. The molecular formula is C16H13ClN2O5. The first-order chi connectivity index (χ1) is 11.4. The summed E-state index contributed by atoms with van der Waals surface area (Å²) in [5, 5.41) is 23.8. The highest BCUT2D eigenvalue weighted by molar-refractivity contribution is 6.30. The van der Waals surface area contributed by atoms with Crippen LogP contribution in [-0.2, 0) is 4.79 Å². The van der Waals surface area contributed by atoms with Crippen molar-refractivity contribution in [2.45, 2.75) is 0 Å². The molecule has 0 atom stereocenters. The van der Waals surface area contributed by atoms with Crippen molar-refractivity contribution in [3.8, 4) is 5.75 Å². The summed E-state index contributed by atoms with van der Waals surface area (Å²) in [6.45, 7) is -0.318. The first-order valence-corrected chi connectivity index (χ1v) is 7.14. The lowest BCUT2D eigenvalue weighted by atomic mass is 10.2. The molecule has 0 radical (unpaired) electrons. The smallest absolute Gasteiger partial charge is 0.335 e. The van der Waals surface area contributed by atoms with Gasteiger partial charge in [0.1, 0.15) is 5.75 Å². The molecule has 0 fully saturated rings. The van der Waals surface area contributed by atoms with Gasteiger partial charge in [-0.05, 0) is 42.5 Å². The Labute approximate surface area is 141 Å². The van der Waals surface area contributed by atoms with Crippen LogP contribution in [0.4, 0.5) is 5.69 Å². The van der Waals surface area contributed by atoms with E-state index in [1.165, 1.54) is 24.3 Å². The van der Waals surface area contributed by atoms with Gasteiger partial charge in [0.25, 0.3) is 5.91 Å². The van der Waals surface area contributed by atoms with E-state index in [0.29, 0.717) is 10.6 Å². The average Bonchev–Trinajstić information content (AvgIpc) is 2.55. The van der Waals surface area contributed by atoms with Crippen molar-refractivity contribution in [3.05, 3.63) is 58.6 Å². The van der Waals surface area contributed by atoms with Crippen LogP contribution in [0, 0.1) is 0 Å². The van der Waals surface area contributed by atoms with Crippen molar-refractivity contribution >= 4 is 35.1 Å². The van der Waals surface area contributed by atoms with Crippen LogP contribution in [0.1, 0.15) is 20.7 Å². The van der Waals surface area contributed by atoms with Gasteiger partial charge < -0.3 is 20.8 Å². The topological polar surface area (TPSA) is 116 Å². The fraction of sp³-hybridized carbons (Fsp3) is 0.0625. The van der Waals surface area contributed by atoms with Gasteiger partial charge in [0.2, 0.25) is 5.91 Å². The van der Waals surface area contributed by atoms with E-state index in [-0.39, 0.29) is 23.5 Å². The molecule has 0 saturated carbocycles. The molecule has 2 amide bonds. The van der Waals surface area contributed by atoms with Gasteiger partial charge in [0, 0.05) is 10.6 Å². The van der Waals surface area contributed by atoms with E-state index in [1.807, 2.05) is 0 Å². The Morgan fingerprint density at radius 1 is 1.00 bits per heavy atom. The van der Waals surface area contributed by atoms with E-state index in [1.54, 1.807) is 12.1 Å². The number of aromatic hydroxyl groups is 1. The summed E-state index contributed by atoms with van der Waals surface area (Å²) in [5.74, 6) is -2.60. The third-order valence-corrected chi connectivity index (χ3v) is 3.29. The zero-order valence-electron chi connectivity index (χ0n) is 12.2. The average molecular weight is 349 g/mol. The summed E-state index contributed by atoms with van der Waals surface area (Å²) >= 11 is 5.72. The molecule has 2 aromatic rings. The molecule has 0 aromatic heterocycles. The highest BCUT2D eigenvalue weighted by Crippen LogP contribution is 2.24. The molecule has 7 nitrogen and oxygen atoms in total. The Morgan fingerprint density at radius 2 is 1.62 bits per heavy atom. The predicted octanol–water partition coefficient (Wildman–Crippen LogP) is 2.11. The van der Waals surface area contributed by atoms with E-state index in [9.17, 15) is 19.5 Å². The number of amides is 2. The van der Waals surface area contributed by atoms with E-state index in [2.05, 4.69) is 10.6 Å². The molecule has 0 saturated heterocycles. The number of phenolic OH excluding ortho intramolecular Hbond substituents is 1. The minimum Gasteiger partial charge on any atom is -0.506 e. The van der Waals surface area contributed by atoms with Crippen LogP contribution in [0.3, 0.4) is 0 Å². The normalized spacial score (nSPS) is 10.0. The van der Waals surface area contributed by atoms with Gasteiger partial charge >= 0.3 is 5.97 Å². The number of halogens is 1. The maximum Gasteiger partial charge on any atom is 0.335 e. The molecule has 0 bridgehead atoms. The summed E-state index contributed by atoms with van der Waals surface area (Å²) in [6.07, 6.45) is 0. The predicted molar refractivity (Wildman–Crippen MR) is 87.5 cm³/mol. The summed E-state index contributed by atoms with van der Waals surface area (Å²) in [6, 6.07) is 9.67. The van der Waals surface area contributed by atoms with Gasteiger partial charge in [-0.2, -0.15) is 0 Å². The van der Waals surface area contributed by atoms with Crippen LogP contribution in [-0.4, -0.2) is 34.5 Å². The SMILES string of the molecule is O=C(CNC(=O)c1ccc(Cl)cc1)Nc1ccc(C(=O)O)cc1O. The first-order valence-electron chi connectivity index (χ1n) is 6.77. The number of benzene rings is 2. The second-order valence-corrected chi connectivity index (χ2v) is 5.21. The Balaban J connectivity index is 1.92. The van der Waals surface area contributed by atoms with Gasteiger partial charge in [0.05, 0.1) is 17.8 Å². The number of rotatable bonds is 5. The third kappa shape index (κ3) is 4.47. The summed E-state index contributed by atoms with van der Waals surface area (Å²) in [7, 11) is 0. The fourth-order valence-electron chi connectivity index (χ4n) is 1.83. The van der Waals surface area contributed by atoms with Gasteiger partial charge in [0.15, 0.2) is 0 Å². The number of carbonyl (C=O) groups is 3. The minimum atomic E-state index is -1.20. The molecule has 0 aliphatic carbocycles. The van der Waals surface area contributed by atoms with E-state index < -0.39 is 17.8 Å². The number of carbonyl (C=O) groups excluding carboxylic acids is 2. The van der Waals surface area contributed by atoms with Crippen LogP contribution in [0.15, 0.2) is 42.5 Å². The molecule has 0 unspecified atom stereocenters. The molecule has 8 heteroatoms. The Kier molecular flexibility index (Phi) is 5.39. The summed E-state index contributed by atoms with van der Waals surface area (Å²) < 4.78 is 0. The van der Waals surface area contributed by atoms with Crippen LogP contribution in [0.25, 0.3) is 0 Å². The van der Waals surface area contributed by atoms with Gasteiger partial charge in [-0.15, -0.1) is 0 Å². The van der Waals surface area contributed by atoms with Crippen LogP contribution < -0.4 is 10.6 Å². The lowest BCUT2D eigenvalue weighted by Gasteiger charge is -2.09. The number of hydrogen-bond acceptors (Lipinski definition) is 4. The summed E-state index contributed by atoms with van der Waals surface area (Å²) in [4.78, 5) is 34.4. The molecule has 4 N–H and O–H groups in total. The maximum atomic E-state index is 11.9. The van der Waals surface area contributed by atoms with Gasteiger partial charge in [-0.3, -0.25) is 9.59 Å². The molecular weight excluding hydrogens is 336 g/mol. The second kappa shape index (κ2) is 7.47. The maximum absolute atomic E-state index is 11.9. The van der Waals surface area contributed by atoms with Crippen molar-refractivity contribution in [1.29, 1.82) is 0 Å². The molecule has 2 aromatic carbocycles. The van der Waals surface area contributed by atoms with Crippen molar-refractivity contribution in [2.75, 3.05) is 11.9 Å². The standard InChI is InChI=1S/C16H13ClN2O5/c17-11-4-1-9(2-5-11)15(22)18-8-14(21)19-12-6-3-10(16(23)24)7-13(12)20/h1-7,20H,8H2,(H,18,22)(H,19,21)(H,23,24). The zero-order chi connectivity index (χ0) is 17.7. The highest BCUT2D eigenvalue weighted by Gasteiger charge is 2.12. The Bertz CT molecular complexity index is 790. The number of phenols is 1. The number of carboxylic acid groups (broad SMARTS) is 1. The van der Waals surface area contributed by atoms with E-state index in [0.717, 1.165) is 6.07 Å². The van der Waals surface area contributed by atoms with Crippen molar-refractivity contribution in [1.82, 2.24) is 5.32 Å². The fourth-order valence-corrected chi connectivity index (χ4v) is 1.95. The number of hydrogen-bond donors (Lipinski definition) is 4. The molecule has 124 valence electrons. The number of nitrogens with one attached hydrogen (secondary N) is 2. The monoisotopic (exact) mass is 348 g/mol.